The van der Waals surface area contributed by atoms with E-state index in [1.165, 1.54) is 0 Å². The third kappa shape index (κ3) is 8.31. The van der Waals surface area contributed by atoms with Gasteiger partial charge in [0.2, 0.25) is 0 Å². The molecule has 0 spiro atoms. The molecule has 3 N–H and O–H groups in total. The van der Waals surface area contributed by atoms with Crippen molar-refractivity contribution < 1.29 is 13.2 Å². The van der Waals surface area contributed by atoms with Crippen molar-refractivity contribution in [1.82, 2.24) is 16.0 Å². The molecule has 0 saturated carbocycles. The highest BCUT2D eigenvalue weighted by Crippen LogP contribution is 2.09. The fourth-order valence-corrected chi connectivity index (χ4v) is 3.84. The zero-order chi connectivity index (χ0) is 21.1. The Hall–Kier alpha value is -2.14. The molecule has 0 aliphatic carbocycles. The smallest absolute Gasteiger partial charge is 0.251 e. The van der Waals surface area contributed by atoms with E-state index in [1.54, 1.807) is 43.4 Å². The number of halogens is 1. The number of nitrogens with zero attached hydrogens (tertiary/aromatic N) is 1. The Morgan fingerprint density at radius 3 is 2.43 bits per heavy atom. The molecule has 2 aromatic carbocycles. The molecule has 0 aromatic heterocycles. The third-order valence-electron chi connectivity index (χ3n) is 4.20. The lowest BCUT2D eigenvalue weighted by Crippen LogP contribution is -2.38. The van der Waals surface area contributed by atoms with Crippen LogP contribution in [0, 0.1) is 0 Å². The highest BCUT2D eigenvalue weighted by Gasteiger charge is 2.13. The minimum Gasteiger partial charge on any atom is -0.357 e. The van der Waals surface area contributed by atoms with Gasteiger partial charge in [-0.2, -0.15) is 0 Å². The highest BCUT2D eigenvalue weighted by atomic mass is 127. The predicted octanol–water partition coefficient (Wildman–Crippen LogP) is 2.24. The van der Waals surface area contributed by atoms with Gasteiger partial charge < -0.3 is 16.0 Å². The molecule has 7 nitrogen and oxygen atoms in total. The number of carbonyl (C=O) groups excluding carboxylic acids is 1. The summed E-state index contributed by atoms with van der Waals surface area (Å²) in [4.78, 5) is 16.4. The average Bonchev–Trinajstić information content (AvgIpc) is 2.74. The summed E-state index contributed by atoms with van der Waals surface area (Å²) >= 11 is 0. The van der Waals surface area contributed by atoms with Crippen LogP contribution >= 0.6 is 24.0 Å². The van der Waals surface area contributed by atoms with Crippen molar-refractivity contribution in [3.05, 3.63) is 65.7 Å². The van der Waals surface area contributed by atoms with Crippen molar-refractivity contribution in [2.24, 2.45) is 4.99 Å². The Kier molecular flexibility index (Phi) is 11.4. The Labute approximate surface area is 195 Å². The molecule has 0 bridgehead atoms. The van der Waals surface area contributed by atoms with Gasteiger partial charge in [0.25, 0.3) is 5.91 Å². The number of hydrogen-bond acceptors (Lipinski definition) is 4. The SMILES string of the molecule is CCNC(=NCCS(=O)(=O)c1ccccc1)NCCc1cccc(C(=O)NC)c1.I. The van der Waals surface area contributed by atoms with Gasteiger partial charge in [-0.05, 0) is 43.2 Å². The number of carbonyl (C=O) groups is 1. The molecule has 2 aromatic rings. The van der Waals surface area contributed by atoms with Crippen molar-refractivity contribution >= 4 is 45.7 Å². The number of rotatable bonds is 9. The van der Waals surface area contributed by atoms with Gasteiger partial charge >= 0.3 is 0 Å². The van der Waals surface area contributed by atoms with Crippen molar-refractivity contribution in [2.45, 2.75) is 18.2 Å². The molecule has 0 atom stereocenters. The molecule has 30 heavy (non-hydrogen) atoms. The second-order valence-electron chi connectivity index (χ2n) is 6.35. The van der Waals surface area contributed by atoms with Crippen LogP contribution in [-0.4, -0.2) is 52.7 Å². The molecular weight excluding hydrogens is 515 g/mol. The zero-order valence-corrected chi connectivity index (χ0v) is 20.4. The van der Waals surface area contributed by atoms with Crippen LogP contribution in [-0.2, 0) is 16.3 Å². The number of nitrogens with one attached hydrogen (secondary N) is 3. The number of guanidine groups is 1. The first-order chi connectivity index (χ1) is 14.0. The summed E-state index contributed by atoms with van der Waals surface area (Å²) in [6.45, 7) is 3.39. The number of hydrogen-bond donors (Lipinski definition) is 3. The van der Waals surface area contributed by atoms with Crippen LogP contribution in [0.1, 0.15) is 22.8 Å². The largest absolute Gasteiger partial charge is 0.357 e. The fourth-order valence-electron chi connectivity index (χ4n) is 2.70. The van der Waals surface area contributed by atoms with Crippen LogP contribution in [0.4, 0.5) is 0 Å². The van der Waals surface area contributed by atoms with E-state index in [0.29, 0.717) is 35.9 Å². The van der Waals surface area contributed by atoms with E-state index in [4.69, 9.17) is 0 Å². The summed E-state index contributed by atoms with van der Waals surface area (Å²) in [5.41, 5.74) is 1.65. The van der Waals surface area contributed by atoms with Crippen LogP contribution in [0.25, 0.3) is 0 Å². The van der Waals surface area contributed by atoms with Gasteiger partial charge in [0.05, 0.1) is 17.2 Å². The molecule has 164 valence electrons. The van der Waals surface area contributed by atoms with E-state index < -0.39 is 9.84 Å². The first-order valence-electron chi connectivity index (χ1n) is 9.57. The minimum absolute atomic E-state index is 0. The summed E-state index contributed by atoms with van der Waals surface area (Å²) in [6, 6.07) is 15.8. The molecule has 0 aliphatic rings. The monoisotopic (exact) mass is 544 g/mol. The number of aliphatic imine (C=N–C) groups is 1. The highest BCUT2D eigenvalue weighted by molar-refractivity contribution is 14.0. The molecule has 0 radical (unpaired) electrons. The summed E-state index contributed by atoms with van der Waals surface area (Å²) in [7, 11) is -1.75. The van der Waals surface area contributed by atoms with Gasteiger partial charge in [0.15, 0.2) is 15.8 Å². The standard InChI is InChI=1S/C21H28N4O3S.HI/c1-3-23-21(25-14-15-29(27,28)19-10-5-4-6-11-19)24-13-12-17-8-7-9-18(16-17)20(26)22-2;/h4-11,16H,3,12-15H2,1-2H3,(H,22,26)(H2,23,24,25);1H. The van der Waals surface area contributed by atoms with Crippen LogP contribution < -0.4 is 16.0 Å². The first kappa shape index (κ1) is 25.9. The fraction of sp³-hybridized carbons (Fsp3) is 0.333. The maximum Gasteiger partial charge on any atom is 0.251 e. The number of benzene rings is 2. The molecule has 0 saturated heterocycles. The van der Waals surface area contributed by atoms with Gasteiger partial charge in [0.1, 0.15) is 0 Å². The average molecular weight is 544 g/mol. The lowest BCUT2D eigenvalue weighted by Gasteiger charge is -2.12. The Balaban J connectivity index is 0.00000450. The molecule has 0 aliphatic heterocycles. The van der Waals surface area contributed by atoms with E-state index >= 15 is 0 Å². The minimum atomic E-state index is -3.35. The Morgan fingerprint density at radius 1 is 1.03 bits per heavy atom. The van der Waals surface area contributed by atoms with Crippen molar-refractivity contribution in [3.63, 3.8) is 0 Å². The Bertz CT molecular complexity index is 934. The van der Waals surface area contributed by atoms with Crippen LogP contribution in [0.15, 0.2) is 64.5 Å². The van der Waals surface area contributed by atoms with Crippen LogP contribution in [0.5, 0.6) is 0 Å². The van der Waals surface area contributed by atoms with Crippen LogP contribution in [0.3, 0.4) is 0 Å². The van der Waals surface area contributed by atoms with Gasteiger partial charge in [-0.25, -0.2) is 8.42 Å². The lowest BCUT2D eigenvalue weighted by atomic mass is 10.1. The van der Waals surface area contributed by atoms with E-state index in [1.807, 2.05) is 25.1 Å². The van der Waals surface area contributed by atoms with Crippen LogP contribution in [0.2, 0.25) is 0 Å². The lowest BCUT2D eigenvalue weighted by molar-refractivity contribution is 0.0963. The van der Waals surface area contributed by atoms with E-state index in [2.05, 4.69) is 20.9 Å². The first-order valence-corrected chi connectivity index (χ1v) is 11.2. The van der Waals surface area contributed by atoms with E-state index in [0.717, 1.165) is 5.56 Å². The maximum atomic E-state index is 12.3. The molecule has 9 heteroatoms. The summed E-state index contributed by atoms with van der Waals surface area (Å²) in [5, 5.41) is 8.93. The van der Waals surface area contributed by atoms with E-state index in [9.17, 15) is 13.2 Å². The molecule has 2 rings (SSSR count). The number of sulfone groups is 1. The summed E-state index contributed by atoms with van der Waals surface area (Å²) < 4.78 is 24.7. The Morgan fingerprint density at radius 2 is 1.77 bits per heavy atom. The quantitative estimate of drug-likeness (QED) is 0.256. The van der Waals surface area contributed by atoms with Crippen molar-refractivity contribution in [3.8, 4) is 0 Å². The van der Waals surface area contributed by atoms with Crippen molar-refractivity contribution in [1.29, 1.82) is 0 Å². The molecule has 0 fully saturated rings. The molecular formula is C21H29IN4O3S. The maximum absolute atomic E-state index is 12.3. The van der Waals surface area contributed by atoms with E-state index in [-0.39, 0.29) is 42.2 Å². The van der Waals surface area contributed by atoms with Gasteiger partial charge in [0, 0.05) is 25.7 Å². The van der Waals surface area contributed by atoms with Crippen molar-refractivity contribution in [2.75, 3.05) is 32.4 Å². The molecule has 0 unspecified atom stereocenters. The molecule has 0 heterocycles. The second-order valence-corrected chi connectivity index (χ2v) is 8.46. The summed E-state index contributed by atoms with van der Waals surface area (Å²) in [6.07, 6.45) is 0.706. The summed E-state index contributed by atoms with van der Waals surface area (Å²) in [5.74, 6) is 0.398. The predicted molar refractivity (Wildman–Crippen MR) is 131 cm³/mol. The van der Waals surface area contributed by atoms with Gasteiger partial charge in [-0.3, -0.25) is 9.79 Å². The normalized spacial score (nSPS) is 11.3. The number of amides is 1. The molecule has 1 amide bonds. The topological polar surface area (TPSA) is 99.7 Å². The van der Waals surface area contributed by atoms with Gasteiger partial charge in [-0.15, -0.1) is 24.0 Å². The second kappa shape index (κ2) is 13.2. The zero-order valence-electron chi connectivity index (χ0n) is 17.2. The van der Waals surface area contributed by atoms with Gasteiger partial charge in [-0.1, -0.05) is 30.3 Å². The third-order valence-corrected chi connectivity index (χ3v) is 5.91.